The van der Waals surface area contributed by atoms with Gasteiger partial charge >= 0.3 is 6.18 Å². The summed E-state index contributed by atoms with van der Waals surface area (Å²) in [5, 5.41) is 14.2. The maximum Gasteiger partial charge on any atom is 0.433 e. The van der Waals surface area contributed by atoms with E-state index in [4.69, 9.17) is 11.6 Å². The highest BCUT2D eigenvalue weighted by molar-refractivity contribution is 6.36. The third kappa shape index (κ3) is 3.41. The fourth-order valence-corrected chi connectivity index (χ4v) is 5.75. The molecule has 3 saturated carbocycles. The average Bonchev–Trinajstić information content (AvgIpc) is 3.68. The molecule has 0 spiro atoms. The molecule has 0 bridgehead atoms. The zero-order valence-corrected chi connectivity index (χ0v) is 18.3. The van der Waals surface area contributed by atoms with Crippen molar-refractivity contribution in [3.8, 4) is 0 Å². The van der Waals surface area contributed by atoms with E-state index in [2.05, 4.69) is 5.10 Å². The van der Waals surface area contributed by atoms with E-state index in [1.54, 1.807) is 11.0 Å². The largest absolute Gasteiger partial charge is 0.433 e. The van der Waals surface area contributed by atoms with Crippen LogP contribution in [-0.2, 0) is 11.0 Å². The van der Waals surface area contributed by atoms with Gasteiger partial charge in [0.1, 0.15) is 12.2 Å². The molecular formula is C22H22ClF3N4O3. The van der Waals surface area contributed by atoms with Crippen LogP contribution in [0.3, 0.4) is 0 Å². The number of hydrogen-bond acceptors (Lipinski definition) is 4. The predicted octanol–water partition coefficient (Wildman–Crippen LogP) is 2.94. The van der Waals surface area contributed by atoms with Gasteiger partial charge in [-0.1, -0.05) is 11.6 Å². The number of halogens is 4. The van der Waals surface area contributed by atoms with E-state index < -0.39 is 23.9 Å². The zero-order valence-electron chi connectivity index (χ0n) is 17.6. The summed E-state index contributed by atoms with van der Waals surface area (Å²) in [6, 6.07) is 2.41. The standard InChI is InChI=1S/C22H22ClF3N4O3/c23-18-14-6-11(10-1-2-10)8-16(22(24,25)26)30(14)27-19(18)21(33)28-3-4-29(17(31)9-28)15-7-12-5-13(12)20(15)32/h6,8,10,12-13,15,20,32H,1-5,7,9H2/t12?,13-,15-,20+/m0/s1. The molecule has 6 rings (SSSR count). The van der Waals surface area contributed by atoms with Crippen LogP contribution in [0.25, 0.3) is 5.52 Å². The number of alkyl halides is 3. The molecule has 2 aromatic heterocycles. The lowest BCUT2D eigenvalue weighted by molar-refractivity contribution is -0.142. The van der Waals surface area contributed by atoms with Gasteiger partial charge in [0.15, 0.2) is 5.69 Å². The van der Waals surface area contributed by atoms with Crippen LogP contribution in [0.1, 0.15) is 53.3 Å². The number of amides is 2. The van der Waals surface area contributed by atoms with Gasteiger partial charge in [-0.2, -0.15) is 18.3 Å². The van der Waals surface area contributed by atoms with Gasteiger partial charge in [0.25, 0.3) is 5.91 Å². The summed E-state index contributed by atoms with van der Waals surface area (Å²) in [5.41, 5.74) is -0.696. The summed E-state index contributed by atoms with van der Waals surface area (Å²) in [5.74, 6) is -0.163. The molecule has 1 saturated heterocycles. The smallest absolute Gasteiger partial charge is 0.391 e. The van der Waals surface area contributed by atoms with Crippen molar-refractivity contribution in [1.29, 1.82) is 0 Å². The molecule has 7 nitrogen and oxygen atoms in total. The van der Waals surface area contributed by atoms with E-state index in [0.717, 1.165) is 31.7 Å². The summed E-state index contributed by atoms with van der Waals surface area (Å²) in [4.78, 5) is 28.8. The summed E-state index contributed by atoms with van der Waals surface area (Å²) < 4.78 is 41.8. The van der Waals surface area contributed by atoms with Gasteiger partial charge in [-0.05, 0) is 61.1 Å². The number of fused-ring (bicyclic) bond motifs is 2. The van der Waals surface area contributed by atoms with Gasteiger partial charge in [-0.25, -0.2) is 4.52 Å². The fraction of sp³-hybridized carbons (Fsp3) is 0.591. The Hall–Kier alpha value is -2.33. The molecule has 176 valence electrons. The van der Waals surface area contributed by atoms with Crippen molar-refractivity contribution in [2.45, 2.75) is 49.9 Å². The minimum Gasteiger partial charge on any atom is -0.391 e. The summed E-state index contributed by atoms with van der Waals surface area (Å²) >= 11 is 6.37. The Morgan fingerprint density at radius 1 is 1.18 bits per heavy atom. The number of nitrogens with zero attached hydrogens (tertiary/aromatic N) is 4. The van der Waals surface area contributed by atoms with Crippen LogP contribution < -0.4 is 0 Å². The maximum absolute atomic E-state index is 13.7. The van der Waals surface area contributed by atoms with Gasteiger partial charge in [0.05, 0.1) is 22.7 Å². The lowest BCUT2D eigenvalue weighted by Crippen LogP contribution is -2.57. The number of pyridine rings is 1. The first kappa shape index (κ1) is 21.2. The van der Waals surface area contributed by atoms with Crippen LogP contribution in [-0.4, -0.2) is 68.1 Å². The molecule has 0 radical (unpaired) electrons. The van der Waals surface area contributed by atoms with Gasteiger partial charge < -0.3 is 14.9 Å². The fourth-order valence-electron chi connectivity index (χ4n) is 5.50. The molecule has 0 aromatic carbocycles. The van der Waals surface area contributed by atoms with Crippen LogP contribution in [0.5, 0.6) is 0 Å². The highest BCUT2D eigenvalue weighted by atomic mass is 35.5. The molecule has 2 aromatic rings. The quantitative estimate of drug-likeness (QED) is 0.729. The third-order valence-corrected chi connectivity index (χ3v) is 7.91. The van der Waals surface area contributed by atoms with Crippen LogP contribution in [0.4, 0.5) is 13.2 Å². The zero-order chi connectivity index (χ0) is 23.2. The number of aliphatic hydroxyl groups is 1. The second-order valence-electron chi connectivity index (χ2n) is 9.67. The van der Waals surface area contributed by atoms with Gasteiger partial charge in [-0.15, -0.1) is 0 Å². The minimum atomic E-state index is -4.66. The van der Waals surface area contributed by atoms with Crippen LogP contribution in [0, 0.1) is 11.8 Å². The molecule has 4 fully saturated rings. The van der Waals surface area contributed by atoms with Crippen LogP contribution >= 0.6 is 11.6 Å². The first-order valence-corrected chi connectivity index (χ1v) is 11.6. The predicted molar refractivity (Wildman–Crippen MR) is 111 cm³/mol. The van der Waals surface area contributed by atoms with Crippen molar-refractivity contribution in [3.05, 3.63) is 34.1 Å². The molecule has 3 aliphatic carbocycles. The summed E-state index contributed by atoms with van der Waals surface area (Å²) in [6.07, 6.45) is -1.80. The highest BCUT2D eigenvalue weighted by Crippen LogP contribution is 2.53. The Bertz CT molecular complexity index is 1180. The topological polar surface area (TPSA) is 78.2 Å². The second kappa shape index (κ2) is 7.09. The number of carbonyl (C=O) groups excluding carboxylic acids is 2. The van der Waals surface area contributed by atoms with Crippen LogP contribution in [0.2, 0.25) is 5.02 Å². The number of rotatable bonds is 3. The monoisotopic (exact) mass is 482 g/mol. The highest BCUT2D eigenvalue weighted by Gasteiger charge is 2.55. The van der Waals surface area contributed by atoms with Gasteiger partial charge in [-0.3, -0.25) is 9.59 Å². The normalized spacial score (nSPS) is 29.7. The van der Waals surface area contributed by atoms with Gasteiger partial charge in [0.2, 0.25) is 5.91 Å². The SMILES string of the molecule is O=C(c1nn2c(C(F)(F)F)cc(C3CC3)cc2c1Cl)N1CCN([C@H]2CC3C[C@@H]3[C@H]2O)C(=O)C1. The van der Waals surface area contributed by atoms with Crippen molar-refractivity contribution in [3.63, 3.8) is 0 Å². The van der Waals surface area contributed by atoms with E-state index in [1.165, 1.54) is 4.90 Å². The summed E-state index contributed by atoms with van der Waals surface area (Å²) in [7, 11) is 0. The van der Waals surface area contributed by atoms with E-state index in [9.17, 15) is 27.9 Å². The molecule has 3 heterocycles. The van der Waals surface area contributed by atoms with Crippen molar-refractivity contribution >= 4 is 28.9 Å². The Kier molecular flexibility index (Phi) is 4.56. The Morgan fingerprint density at radius 2 is 1.94 bits per heavy atom. The molecule has 33 heavy (non-hydrogen) atoms. The second-order valence-corrected chi connectivity index (χ2v) is 10.1. The van der Waals surface area contributed by atoms with Crippen LogP contribution in [0.15, 0.2) is 12.1 Å². The number of piperazine rings is 1. The Labute approximate surface area is 192 Å². The maximum atomic E-state index is 13.7. The molecule has 1 unspecified atom stereocenters. The van der Waals surface area contributed by atoms with E-state index in [-0.39, 0.29) is 59.7 Å². The van der Waals surface area contributed by atoms with E-state index in [1.807, 2.05) is 0 Å². The lowest BCUT2D eigenvalue weighted by Gasteiger charge is -2.39. The van der Waals surface area contributed by atoms with Crippen molar-refractivity contribution < 1.29 is 27.9 Å². The number of aliphatic hydroxyl groups excluding tert-OH is 1. The van der Waals surface area contributed by atoms with E-state index in [0.29, 0.717) is 16.0 Å². The Morgan fingerprint density at radius 3 is 2.55 bits per heavy atom. The van der Waals surface area contributed by atoms with Crippen molar-refractivity contribution in [2.24, 2.45) is 11.8 Å². The Balaban J connectivity index is 1.27. The molecule has 11 heteroatoms. The molecule has 4 atom stereocenters. The summed E-state index contributed by atoms with van der Waals surface area (Å²) in [6.45, 7) is 0.240. The van der Waals surface area contributed by atoms with Crippen molar-refractivity contribution in [2.75, 3.05) is 19.6 Å². The minimum absolute atomic E-state index is 0.0370. The number of hydrogen-bond donors (Lipinski definition) is 1. The third-order valence-electron chi connectivity index (χ3n) is 7.54. The average molecular weight is 483 g/mol. The molecule has 4 aliphatic rings. The van der Waals surface area contributed by atoms with E-state index >= 15 is 0 Å². The number of aromatic nitrogens is 2. The first-order chi connectivity index (χ1) is 15.6. The van der Waals surface area contributed by atoms with Crippen molar-refractivity contribution in [1.82, 2.24) is 19.4 Å². The molecular weight excluding hydrogens is 461 g/mol. The van der Waals surface area contributed by atoms with Gasteiger partial charge in [0, 0.05) is 13.1 Å². The number of carbonyl (C=O) groups is 2. The lowest BCUT2D eigenvalue weighted by atomic mass is 10.1. The molecule has 2 amide bonds. The first-order valence-electron chi connectivity index (χ1n) is 11.2. The molecule has 1 N–H and O–H groups in total. The molecule has 1 aliphatic heterocycles.